The average Bonchev–Trinajstić information content (AvgIpc) is 2.67. The quantitative estimate of drug-likeness (QED) is 0.810. The van der Waals surface area contributed by atoms with Gasteiger partial charge in [-0.3, -0.25) is 4.79 Å². The van der Waals surface area contributed by atoms with Gasteiger partial charge in [-0.25, -0.2) is 14.4 Å². The first-order valence-electron chi connectivity index (χ1n) is 9.48. The Bertz CT molecular complexity index is 762. The molecule has 144 valence electrons. The number of hydrogen-bond acceptors (Lipinski definition) is 4. The molecule has 0 radical (unpaired) electrons. The van der Waals surface area contributed by atoms with Crippen molar-refractivity contribution < 1.29 is 9.18 Å². The van der Waals surface area contributed by atoms with Crippen LogP contribution in [-0.2, 0) is 11.3 Å². The van der Waals surface area contributed by atoms with Gasteiger partial charge < -0.3 is 9.80 Å². The molecule has 0 aliphatic carbocycles. The summed E-state index contributed by atoms with van der Waals surface area (Å²) in [4.78, 5) is 25.8. The van der Waals surface area contributed by atoms with Crippen molar-refractivity contribution in [3.63, 3.8) is 0 Å². The van der Waals surface area contributed by atoms with Gasteiger partial charge in [0.25, 0.3) is 0 Å². The fraction of sp³-hybridized carbons (Fsp3) is 0.476. The second-order valence-electron chi connectivity index (χ2n) is 8.06. The minimum Gasteiger partial charge on any atom is -0.341 e. The van der Waals surface area contributed by atoms with Gasteiger partial charge in [-0.15, -0.1) is 0 Å². The summed E-state index contributed by atoms with van der Waals surface area (Å²) in [6, 6.07) is 5.99. The summed E-state index contributed by atoms with van der Waals surface area (Å²) in [6.45, 7) is 7.96. The molecule has 1 saturated heterocycles. The highest BCUT2D eigenvalue weighted by molar-refractivity contribution is 5.96. The van der Waals surface area contributed by atoms with Crippen LogP contribution in [0.2, 0.25) is 0 Å². The van der Waals surface area contributed by atoms with Crippen molar-refractivity contribution in [2.45, 2.75) is 46.6 Å². The molecule has 2 heterocycles. The maximum Gasteiger partial charge on any atom is 0.232 e. The number of rotatable bonds is 4. The van der Waals surface area contributed by atoms with Crippen LogP contribution in [0.5, 0.6) is 0 Å². The highest BCUT2D eigenvalue weighted by Crippen LogP contribution is 2.25. The summed E-state index contributed by atoms with van der Waals surface area (Å²) in [5.41, 5.74) is 0.956. The van der Waals surface area contributed by atoms with Crippen molar-refractivity contribution in [1.29, 1.82) is 0 Å². The number of halogens is 1. The number of carbonyl (C=O) groups excluding carboxylic acids is 1. The lowest BCUT2D eigenvalue weighted by atomic mass is 9.94. The van der Waals surface area contributed by atoms with Crippen LogP contribution < -0.4 is 9.80 Å². The standard InChI is InChI=1S/C21H27FN4O/c1-21(2,3)19(27)26(18-9-7-17(22)8-10-18)15-16-13-23-20(24-14-16)25-11-5-4-6-12-25/h7-10,13-14H,4-6,11-12,15H2,1-3H3. The van der Waals surface area contributed by atoms with Gasteiger partial charge >= 0.3 is 0 Å². The predicted octanol–water partition coefficient (Wildman–Crippen LogP) is 4.19. The molecule has 0 N–H and O–H groups in total. The molecule has 0 atom stereocenters. The maximum absolute atomic E-state index is 13.3. The first kappa shape index (κ1) is 19.3. The zero-order valence-electron chi connectivity index (χ0n) is 16.3. The van der Waals surface area contributed by atoms with Crippen LogP contribution in [0.25, 0.3) is 0 Å². The van der Waals surface area contributed by atoms with Crippen molar-refractivity contribution >= 4 is 17.5 Å². The van der Waals surface area contributed by atoms with E-state index in [9.17, 15) is 9.18 Å². The number of benzene rings is 1. The Hall–Kier alpha value is -2.50. The molecule has 1 aromatic heterocycles. The smallest absolute Gasteiger partial charge is 0.232 e. The van der Waals surface area contributed by atoms with Crippen LogP contribution in [0, 0.1) is 11.2 Å². The second-order valence-corrected chi connectivity index (χ2v) is 8.06. The van der Waals surface area contributed by atoms with Gasteiger partial charge in [0.2, 0.25) is 11.9 Å². The molecule has 1 fully saturated rings. The van der Waals surface area contributed by atoms with Gasteiger partial charge in [-0.1, -0.05) is 20.8 Å². The number of piperidine rings is 1. The number of nitrogens with zero attached hydrogens (tertiary/aromatic N) is 4. The lowest BCUT2D eigenvalue weighted by Crippen LogP contribution is -2.39. The normalized spacial score (nSPS) is 14.9. The molecule has 1 aliphatic heterocycles. The first-order chi connectivity index (χ1) is 12.8. The summed E-state index contributed by atoms with van der Waals surface area (Å²) in [5, 5.41) is 0. The van der Waals surface area contributed by atoms with Gasteiger partial charge in [0.15, 0.2) is 0 Å². The molecule has 1 amide bonds. The first-order valence-corrected chi connectivity index (χ1v) is 9.48. The fourth-order valence-electron chi connectivity index (χ4n) is 3.18. The monoisotopic (exact) mass is 370 g/mol. The third-order valence-electron chi connectivity index (χ3n) is 4.70. The minimum atomic E-state index is -0.553. The van der Waals surface area contributed by atoms with Gasteiger partial charge in [-0.2, -0.15) is 0 Å². The number of hydrogen-bond donors (Lipinski definition) is 0. The molecule has 27 heavy (non-hydrogen) atoms. The molecule has 6 heteroatoms. The Kier molecular flexibility index (Phi) is 5.73. The predicted molar refractivity (Wildman–Crippen MR) is 105 cm³/mol. The highest BCUT2D eigenvalue weighted by Gasteiger charge is 2.28. The number of aromatic nitrogens is 2. The van der Waals surface area contributed by atoms with Gasteiger partial charge in [0.05, 0.1) is 6.54 Å². The molecule has 3 rings (SSSR count). The van der Waals surface area contributed by atoms with Crippen molar-refractivity contribution in [1.82, 2.24) is 9.97 Å². The van der Waals surface area contributed by atoms with Gasteiger partial charge in [0.1, 0.15) is 5.82 Å². The Balaban J connectivity index is 1.81. The van der Waals surface area contributed by atoms with Crippen molar-refractivity contribution in [3.8, 4) is 0 Å². The van der Waals surface area contributed by atoms with E-state index in [2.05, 4.69) is 14.9 Å². The molecule has 1 aromatic carbocycles. The van der Waals surface area contributed by atoms with E-state index in [1.165, 1.54) is 31.4 Å². The maximum atomic E-state index is 13.3. The highest BCUT2D eigenvalue weighted by atomic mass is 19.1. The topological polar surface area (TPSA) is 49.3 Å². The molecule has 0 bridgehead atoms. The van der Waals surface area contributed by atoms with Crippen LogP contribution in [-0.4, -0.2) is 29.0 Å². The summed E-state index contributed by atoms with van der Waals surface area (Å²) < 4.78 is 13.3. The largest absolute Gasteiger partial charge is 0.341 e. The van der Waals surface area contributed by atoms with E-state index in [0.717, 1.165) is 24.6 Å². The summed E-state index contributed by atoms with van der Waals surface area (Å²) in [6.07, 6.45) is 7.16. The Morgan fingerprint density at radius 3 is 2.22 bits per heavy atom. The van der Waals surface area contributed by atoms with E-state index >= 15 is 0 Å². The molecule has 5 nitrogen and oxygen atoms in total. The number of anilines is 2. The zero-order chi connectivity index (χ0) is 19.4. The summed E-state index contributed by atoms with van der Waals surface area (Å²) in [7, 11) is 0. The average molecular weight is 370 g/mol. The van der Waals surface area contributed by atoms with Crippen LogP contribution in [0.15, 0.2) is 36.7 Å². The van der Waals surface area contributed by atoms with E-state index in [1.54, 1.807) is 29.4 Å². The van der Waals surface area contributed by atoms with E-state index in [1.807, 2.05) is 20.8 Å². The number of carbonyl (C=O) groups is 1. The molecule has 0 spiro atoms. The van der Waals surface area contributed by atoms with Gasteiger partial charge in [-0.05, 0) is 43.5 Å². The third kappa shape index (κ3) is 4.81. The second kappa shape index (κ2) is 8.03. The number of amides is 1. The Labute approximate surface area is 160 Å². The van der Waals surface area contributed by atoms with Crippen LogP contribution in [0.3, 0.4) is 0 Å². The molecule has 1 aliphatic rings. The fourth-order valence-corrected chi connectivity index (χ4v) is 3.18. The van der Waals surface area contributed by atoms with E-state index < -0.39 is 5.41 Å². The van der Waals surface area contributed by atoms with E-state index in [0.29, 0.717) is 12.2 Å². The van der Waals surface area contributed by atoms with Gasteiger partial charge in [0, 0.05) is 42.1 Å². The zero-order valence-corrected chi connectivity index (χ0v) is 16.3. The molecule has 0 saturated carbocycles. The minimum absolute atomic E-state index is 0.0331. The third-order valence-corrected chi connectivity index (χ3v) is 4.70. The Morgan fingerprint density at radius 1 is 1.07 bits per heavy atom. The lowest BCUT2D eigenvalue weighted by Gasteiger charge is -2.30. The van der Waals surface area contributed by atoms with E-state index in [4.69, 9.17) is 0 Å². The molecule has 0 unspecified atom stereocenters. The van der Waals surface area contributed by atoms with Crippen molar-refractivity contribution in [2.24, 2.45) is 5.41 Å². The van der Waals surface area contributed by atoms with Crippen LogP contribution in [0.4, 0.5) is 16.0 Å². The SMILES string of the molecule is CC(C)(C)C(=O)N(Cc1cnc(N2CCCCC2)nc1)c1ccc(F)cc1. The molecular formula is C21H27FN4O. The summed E-state index contributed by atoms with van der Waals surface area (Å²) in [5.74, 6) is 0.388. The molecule has 2 aromatic rings. The summed E-state index contributed by atoms with van der Waals surface area (Å²) >= 11 is 0. The lowest BCUT2D eigenvalue weighted by molar-refractivity contribution is -0.125. The molecular weight excluding hydrogens is 343 g/mol. The van der Waals surface area contributed by atoms with E-state index in [-0.39, 0.29) is 11.7 Å². The van der Waals surface area contributed by atoms with Crippen molar-refractivity contribution in [3.05, 3.63) is 48.0 Å². The van der Waals surface area contributed by atoms with Crippen molar-refractivity contribution in [2.75, 3.05) is 22.9 Å². The van der Waals surface area contributed by atoms with Crippen LogP contribution in [0.1, 0.15) is 45.6 Å². The Morgan fingerprint density at radius 2 is 1.67 bits per heavy atom. The van der Waals surface area contributed by atoms with Crippen LogP contribution >= 0.6 is 0 Å².